The number of nitrogens with zero attached hydrogens (tertiary/aromatic N) is 2. The molecule has 0 atom stereocenters. The number of hydrogen-bond donors (Lipinski definition) is 0. The third-order valence-corrected chi connectivity index (χ3v) is 4.95. The summed E-state index contributed by atoms with van der Waals surface area (Å²) in [5.41, 5.74) is 7.43. The molecule has 2 nitrogen and oxygen atoms in total. The van der Waals surface area contributed by atoms with Gasteiger partial charge in [-0.1, -0.05) is 31.2 Å². The summed E-state index contributed by atoms with van der Waals surface area (Å²) in [6, 6.07) is 15.0. The first-order valence-electron chi connectivity index (χ1n) is 8.61. The van der Waals surface area contributed by atoms with Crippen molar-refractivity contribution in [3.63, 3.8) is 0 Å². The monoisotopic (exact) mass is 318 g/mol. The van der Waals surface area contributed by atoms with Crippen molar-refractivity contribution in [3.05, 3.63) is 65.2 Å². The van der Waals surface area contributed by atoms with Crippen molar-refractivity contribution < 1.29 is 0 Å². The van der Waals surface area contributed by atoms with E-state index in [1.54, 1.807) is 0 Å². The second-order valence-electron chi connectivity index (χ2n) is 7.09. The minimum Gasteiger partial charge on any atom is -0.366 e. The number of allylic oxidation sites excluding steroid dienone is 1. The van der Waals surface area contributed by atoms with Crippen molar-refractivity contribution in [2.45, 2.75) is 39.7 Å². The average Bonchev–Trinajstić information content (AvgIpc) is 2.58. The van der Waals surface area contributed by atoms with Crippen LogP contribution < -0.4 is 4.90 Å². The van der Waals surface area contributed by atoms with E-state index < -0.39 is 0 Å². The molecule has 3 rings (SSSR count). The van der Waals surface area contributed by atoms with E-state index in [1.807, 2.05) is 6.21 Å². The molecule has 2 heteroatoms. The second kappa shape index (κ2) is 6.27. The maximum atomic E-state index is 4.62. The molecule has 1 aliphatic heterocycles. The molecule has 0 amide bonds. The molecular weight excluding hydrogens is 292 g/mol. The van der Waals surface area contributed by atoms with Crippen LogP contribution in [0.1, 0.15) is 44.4 Å². The topological polar surface area (TPSA) is 15.6 Å². The van der Waals surface area contributed by atoms with E-state index in [1.165, 1.54) is 22.4 Å². The number of aryl methyl sites for hydroxylation is 1. The van der Waals surface area contributed by atoms with Gasteiger partial charge in [-0.3, -0.25) is 4.99 Å². The van der Waals surface area contributed by atoms with E-state index in [0.717, 1.165) is 17.7 Å². The molecule has 0 aromatic heterocycles. The van der Waals surface area contributed by atoms with Crippen molar-refractivity contribution in [1.82, 2.24) is 0 Å². The van der Waals surface area contributed by atoms with E-state index in [2.05, 4.69) is 93.2 Å². The van der Waals surface area contributed by atoms with Crippen LogP contribution in [-0.4, -0.2) is 18.8 Å². The Kier molecular flexibility index (Phi) is 4.31. The number of fused-ring (bicyclic) bond motifs is 1. The van der Waals surface area contributed by atoms with Crippen molar-refractivity contribution in [2.75, 3.05) is 11.9 Å². The van der Waals surface area contributed by atoms with Gasteiger partial charge in [0.2, 0.25) is 0 Å². The Hall–Kier alpha value is -2.35. The lowest BCUT2D eigenvalue weighted by atomic mass is 9.89. The number of anilines is 1. The molecule has 0 unspecified atom stereocenters. The second-order valence-corrected chi connectivity index (χ2v) is 7.09. The van der Waals surface area contributed by atoms with E-state index in [4.69, 9.17) is 0 Å². The highest BCUT2D eigenvalue weighted by molar-refractivity contribution is 5.88. The number of hydrogen-bond acceptors (Lipinski definition) is 2. The van der Waals surface area contributed by atoms with Gasteiger partial charge in [-0.15, -0.1) is 0 Å². The number of aliphatic imine (C=N–C) groups is 1. The van der Waals surface area contributed by atoms with Crippen molar-refractivity contribution in [3.8, 4) is 0 Å². The fourth-order valence-corrected chi connectivity index (χ4v) is 3.22. The molecule has 0 radical (unpaired) electrons. The minimum absolute atomic E-state index is 0.0493. The first-order chi connectivity index (χ1) is 11.4. The number of benzene rings is 2. The third-order valence-electron chi connectivity index (χ3n) is 4.95. The Morgan fingerprint density at radius 1 is 1.08 bits per heavy atom. The molecule has 0 aliphatic carbocycles. The van der Waals surface area contributed by atoms with Crippen molar-refractivity contribution in [1.29, 1.82) is 0 Å². The van der Waals surface area contributed by atoms with Gasteiger partial charge in [-0.25, -0.2) is 0 Å². The number of likely N-dealkylation sites (N-methyl/N-ethyl adjacent to an activating group) is 1. The fourth-order valence-electron chi connectivity index (χ4n) is 3.22. The van der Waals surface area contributed by atoms with Gasteiger partial charge in [0.25, 0.3) is 0 Å². The molecule has 24 heavy (non-hydrogen) atoms. The molecular formula is C22H26N2. The molecule has 124 valence electrons. The zero-order chi connectivity index (χ0) is 17.3. The summed E-state index contributed by atoms with van der Waals surface area (Å²) in [5, 5.41) is 0. The van der Waals surface area contributed by atoms with Crippen LogP contribution in [0, 0.1) is 0 Å². The molecule has 1 heterocycles. The lowest BCUT2D eigenvalue weighted by Crippen LogP contribution is -2.42. The molecule has 0 saturated carbocycles. The zero-order valence-electron chi connectivity index (χ0n) is 15.3. The van der Waals surface area contributed by atoms with Gasteiger partial charge in [-0.05, 0) is 68.2 Å². The predicted molar refractivity (Wildman–Crippen MR) is 106 cm³/mol. The average molecular weight is 318 g/mol. The lowest BCUT2D eigenvalue weighted by Gasteiger charge is -2.40. The highest BCUT2D eigenvalue weighted by atomic mass is 15.2. The van der Waals surface area contributed by atoms with E-state index in [0.29, 0.717) is 0 Å². The standard InChI is InChI=1S/C22H26N2/c1-6-17-7-10-19(11-8-17)23-15-18-9-12-21-20(13-18)16(2)14-22(3,4)24(21)5/h7-15H,6H2,1-5H3. The molecule has 0 bridgehead atoms. The Balaban J connectivity index is 1.89. The fraction of sp³-hybridized carbons (Fsp3) is 0.318. The summed E-state index contributed by atoms with van der Waals surface area (Å²) in [5.74, 6) is 0. The van der Waals surface area contributed by atoms with Crippen LogP contribution in [0.25, 0.3) is 5.57 Å². The van der Waals surface area contributed by atoms with Gasteiger partial charge in [0.15, 0.2) is 0 Å². The maximum Gasteiger partial charge on any atom is 0.0630 e. The van der Waals surface area contributed by atoms with Crippen molar-refractivity contribution in [2.24, 2.45) is 4.99 Å². The van der Waals surface area contributed by atoms with Gasteiger partial charge >= 0.3 is 0 Å². The molecule has 0 N–H and O–H groups in total. The Morgan fingerprint density at radius 2 is 1.79 bits per heavy atom. The van der Waals surface area contributed by atoms with Crippen LogP contribution in [0.5, 0.6) is 0 Å². The first-order valence-corrected chi connectivity index (χ1v) is 8.61. The molecule has 0 spiro atoms. The van der Waals surface area contributed by atoms with Gasteiger partial charge in [-0.2, -0.15) is 0 Å². The van der Waals surface area contributed by atoms with Gasteiger partial charge in [0, 0.05) is 24.5 Å². The summed E-state index contributed by atoms with van der Waals surface area (Å²) in [6.07, 6.45) is 5.35. The maximum absolute atomic E-state index is 4.62. The van der Waals surface area contributed by atoms with Gasteiger partial charge in [0.1, 0.15) is 0 Å². The van der Waals surface area contributed by atoms with E-state index in [-0.39, 0.29) is 5.54 Å². The Bertz CT molecular complexity index is 795. The summed E-state index contributed by atoms with van der Waals surface area (Å²) >= 11 is 0. The molecule has 2 aromatic carbocycles. The highest BCUT2D eigenvalue weighted by Crippen LogP contribution is 2.37. The molecule has 0 fully saturated rings. The van der Waals surface area contributed by atoms with Crippen LogP contribution in [-0.2, 0) is 6.42 Å². The summed E-state index contributed by atoms with van der Waals surface area (Å²) < 4.78 is 0. The largest absolute Gasteiger partial charge is 0.366 e. The summed E-state index contributed by atoms with van der Waals surface area (Å²) in [6.45, 7) is 8.85. The Labute approximate surface area is 145 Å². The molecule has 0 saturated heterocycles. The normalized spacial score (nSPS) is 16.2. The SMILES string of the molecule is CCc1ccc(N=Cc2ccc3c(c2)C(C)=CC(C)(C)N3C)cc1. The highest BCUT2D eigenvalue weighted by Gasteiger charge is 2.28. The van der Waals surface area contributed by atoms with E-state index >= 15 is 0 Å². The smallest absolute Gasteiger partial charge is 0.0630 e. The van der Waals surface area contributed by atoms with Gasteiger partial charge in [0.05, 0.1) is 11.2 Å². The predicted octanol–water partition coefficient (Wildman–Crippen LogP) is 5.63. The molecule has 2 aromatic rings. The van der Waals surface area contributed by atoms with Crippen LogP contribution in [0.15, 0.2) is 53.5 Å². The third kappa shape index (κ3) is 3.14. The van der Waals surface area contributed by atoms with E-state index in [9.17, 15) is 0 Å². The summed E-state index contributed by atoms with van der Waals surface area (Å²) in [4.78, 5) is 6.95. The Morgan fingerprint density at radius 3 is 2.46 bits per heavy atom. The van der Waals surface area contributed by atoms with Crippen LogP contribution in [0.3, 0.4) is 0 Å². The van der Waals surface area contributed by atoms with Crippen molar-refractivity contribution >= 4 is 23.2 Å². The number of rotatable bonds is 3. The lowest BCUT2D eigenvalue weighted by molar-refractivity contribution is 0.598. The zero-order valence-corrected chi connectivity index (χ0v) is 15.3. The minimum atomic E-state index is 0.0493. The van der Waals surface area contributed by atoms with Crippen LogP contribution >= 0.6 is 0 Å². The summed E-state index contributed by atoms with van der Waals surface area (Å²) in [7, 11) is 2.16. The van der Waals surface area contributed by atoms with Crippen LogP contribution in [0.4, 0.5) is 11.4 Å². The quantitative estimate of drug-likeness (QED) is 0.669. The van der Waals surface area contributed by atoms with Crippen LogP contribution in [0.2, 0.25) is 0 Å². The van der Waals surface area contributed by atoms with Gasteiger partial charge < -0.3 is 4.90 Å². The first kappa shape index (κ1) is 16.5. The molecule has 1 aliphatic rings.